The lowest BCUT2D eigenvalue weighted by Gasteiger charge is -2.40. The molecule has 5 heteroatoms. The van der Waals surface area contributed by atoms with Crippen molar-refractivity contribution in [2.24, 2.45) is 5.41 Å². The maximum Gasteiger partial charge on any atom is 0.153 e. The molecule has 0 aromatic rings. The van der Waals surface area contributed by atoms with E-state index in [1.54, 1.807) is 0 Å². The summed E-state index contributed by atoms with van der Waals surface area (Å²) < 4.78 is 23.2. The average molecular weight is 274 g/mol. The summed E-state index contributed by atoms with van der Waals surface area (Å²) in [5, 5.41) is 3.47. The van der Waals surface area contributed by atoms with E-state index in [0.29, 0.717) is 16.9 Å². The topological polar surface area (TPSA) is 49.4 Å². The molecule has 2 aliphatic rings. The molecule has 2 fully saturated rings. The summed E-state index contributed by atoms with van der Waals surface area (Å²) in [6.07, 6.45) is 3.69. The summed E-state index contributed by atoms with van der Waals surface area (Å²) in [4.78, 5) is 2.39. The molecule has 0 aromatic heterocycles. The molecule has 1 N–H and O–H groups in total. The maximum atomic E-state index is 11.6. The lowest BCUT2D eigenvalue weighted by Crippen LogP contribution is -2.51. The second-order valence-corrected chi connectivity index (χ2v) is 8.34. The van der Waals surface area contributed by atoms with Crippen LogP contribution >= 0.6 is 0 Å². The van der Waals surface area contributed by atoms with Crippen molar-refractivity contribution in [3.63, 3.8) is 0 Å². The van der Waals surface area contributed by atoms with Crippen molar-refractivity contribution in [1.82, 2.24) is 10.2 Å². The molecule has 0 aliphatic carbocycles. The molecule has 2 aliphatic heterocycles. The van der Waals surface area contributed by atoms with Gasteiger partial charge in [-0.05, 0) is 31.7 Å². The van der Waals surface area contributed by atoms with Crippen LogP contribution in [0.15, 0.2) is 0 Å². The predicted molar refractivity (Wildman–Crippen MR) is 74.5 cm³/mol. The van der Waals surface area contributed by atoms with Gasteiger partial charge in [0.2, 0.25) is 0 Å². The Bertz CT molecular complexity index is 374. The van der Waals surface area contributed by atoms with Gasteiger partial charge in [0.15, 0.2) is 9.84 Å². The molecule has 2 heterocycles. The normalized spacial score (nSPS) is 36.9. The van der Waals surface area contributed by atoms with Crippen molar-refractivity contribution < 1.29 is 8.42 Å². The van der Waals surface area contributed by atoms with Crippen LogP contribution in [0.2, 0.25) is 0 Å². The van der Waals surface area contributed by atoms with Crippen molar-refractivity contribution in [1.29, 1.82) is 0 Å². The molecule has 0 spiro atoms. The fourth-order valence-corrected chi connectivity index (χ4v) is 5.08. The molecule has 2 rings (SSSR count). The highest BCUT2D eigenvalue weighted by molar-refractivity contribution is 7.91. The Labute approximate surface area is 111 Å². The summed E-state index contributed by atoms with van der Waals surface area (Å²) in [6.45, 7) is 8.28. The molecular weight excluding hydrogens is 248 g/mol. The Kier molecular flexibility index (Phi) is 4.34. The molecule has 0 bridgehead atoms. The van der Waals surface area contributed by atoms with Crippen LogP contribution in [0.1, 0.15) is 33.1 Å². The van der Waals surface area contributed by atoms with Gasteiger partial charge < -0.3 is 5.32 Å². The van der Waals surface area contributed by atoms with E-state index >= 15 is 0 Å². The van der Waals surface area contributed by atoms with Crippen molar-refractivity contribution >= 4 is 9.84 Å². The van der Waals surface area contributed by atoms with E-state index in [-0.39, 0.29) is 6.04 Å². The van der Waals surface area contributed by atoms with Crippen LogP contribution in [0.25, 0.3) is 0 Å². The standard InChI is InChI=1S/C13H26N2O2S/c1-3-4-13(5-6-14-10-13)11-15-7-8-18(16,17)9-12(15)2/h12,14H,3-11H2,1-2H3. The second kappa shape index (κ2) is 5.47. The molecule has 0 aromatic carbocycles. The third kappa shape index (κ3) is 3.25. The van der Waals surface area contributed by atoms with Crippen LogP contribution in [-0.4, -0.2) is 57.0 Å². The summed E-state index contributed by atoms with van der Waals surface area (Å²) in [7, 11) is -2.79. The zero-order valence-corrected chi connectivity index (χ0v) is 12.4. The first-order valence-electron chi connectivity index (χ1n) is 7.12. The fraction of sp³-hybridized carbons (Fsp3) is 1.00. The molecule has 0 saturated carbocycles. The third-order valence-electron chi connectivity index (χ3n) is 4.46. The SMILES string of the molecule is CCCC1(CN2CCS(=O)(=O)CC2C)CCNC1. The van der Waals surface area contributed by atoms with E-state index in [0.717, 1.165) is 26.2 Å². The van der Waals surface area contributed by atoms with Gasteiger partial charge in [0.1, 0.15) is 0 Å². The Morgan fingerprint density at radius 2 is 2.22 bits per heavy atom. The summed E-state index contributed by atoms with van der Waals surface area (Å²) in [5.74, 6) is 0.676. The van der Waals surface area contributed by atoms with E-state index in [1.807, 2.05) is 0 Å². The Balaban J connectivity index is 2.00. The first-order valence-corrected chi connectivity index (χ1v) is 8.94. The van der Waals surface area contributed by atoms with Gasteiger partial charge in [-0.1, -0.05) is 13.3 Å². The van der Waals surface area contributed by atoms with E-state index in [4.69, 9.17) is 0 Å². The highest BCUT2D eigenvalue weighted by Gasteiger charge is 2.38. The minimum Gasteiger partial charge on any atom is -0.316 e. The molecule has 18 heavy (non-hydrogen) atoms. The van der Waals surface area contributed by atoms with E-state index in [9.17, 15) is 8.42 Å². The van der Waals surface area contributed by atoms with Crippen LogP contribution in [0, 0.1) is 5.41 Å². The highest BCUT2D eigenvalue weighted by atomic mass is 32.2. The molecule has 2 saturated heterocycles. The van der Waals surface area contributed by atoms with Gasteiger partial charge in [-0.2, -0.15) is 0 Å². The van der Waals surface area contributed by atoms with Crippen LogP contribution in [-0.2, 0) is 9.84 Å². The van der Waals surface area contributed by atoms with Crippen LogP contribution in [0.4, 0.5) is 0 Å². The van der Waals surface area contributed by atoms with Gasteiger partial charge in [0.25, 0.3) is 0 Å². The molecule has 0 radical (unpaired) electrons. The minimum absolute atomic E-state index is 0.179. The Morgan fingerprint density at radius 3 is 2.78 bits per heavy atom. The smallest absolute Gasteiger partial charge is 0.153 e. The third-order valence-corrected chi connectivity index (χ3v) is 6.25. The summed E-state index contributed by atoms with van der Waals surface area (Å²) >= 11 is 0. The minimum atomic E-state index is -2.79. The van der Waals surface area contributed by atoms with Crippen LogP contribution in [0.3, 0.4) is 0 Å². The average Bonchev–Trinajstić information content (AvgIpc) is 2.71. The highest BCUT2D eigenvalue weighted by Crippen LogP contribution is 2.33. The summed E-state index contributed by atoms with van der Waals surface area (Å²) in [6, 6.07) is 0.179. The van der Waals surface area contributed by atoms with Gasteiger partial charge in [0.05, 0.1) is 11.5 Å². The zero-order valence-electron chi connectivity index (χ0n) is 11.6. The lowest BCUT2D eigenvalue weighted by molar-refractivity contribution is 0.127. The Hall–Kier alpha value is -0.130. The van der Waals surface area contributed by atoms with E-state index in [2.05, 4.69) is 24.1 Å². The van der Waals surface area contributed by atoms with Gasteiger partial charge in [-0.3, -0.25) is 4.90 Å². The number of hydrogen-bond acceptors (Lipinski definition) is 4. The summed E-state index contributed by atoms with van der Waals surface area (Å²) in [5.41, 5.74) is 0.379. The number of nitrogens with one attached hydrogen (secondary N) is 1. The van der Waals surface area contributed by atoms with Gasteiger partial charge >= 0.3 is 0 Å². The molecule has 2 unspecified atom stereocenters. The number of sulfone groups is 1. The molecule has 4 nitrogen and oxygen atoms in total. The fourth-order valence-electron chi connectivity index (χ4n) is 3.45. The maximum absolute atomic E-state index is 11.6. The zero-order chi connectivity index (χ0) is 13.2. The van der Waals surface area contributed by atoms with Gasteiger partial charge in [0, 0.05) is 25.7 Å². The molecule has 2 atom stereocenters. The van der Waals surface area contributed by atoms with Crippen molar-refractivity contribution in [2.45, 2.75) is 39.2 Å². The van der Waals surface area contributed by atoms with Crippen molar-refractivity contribution in [3.05, 3.63) is 0 Å². The number of hydrogen-bond donors (Lipinski definition) is 1. The second-order valence-electron chi connectivity index (χ2n) is 6.11. The lowest BCUT2D eigenvalue weighted by atomic mass is 9.81. The number of rotatable bonds is 4. The van der Waals surface area contributed by atoms with E-state index in [1.165, 1.54) is 19.3 Å². The van der Waals surface area contributed by atoms with Gasteiger partial charge in [-0.15, -0.1) is 0 Å². The van der Waals surface area contributed by atoms with Crippen molar-refractivity contribution in [2.75, 3.05) is 37.7 Å². The Morgan fingerprint density at radius 1 is 1.44 bits per heavy atom. The first-order chi connectivity index (χ1) is 8.46. The molecule has 106 valence electrons. The largest absolute Gasteiger partial charge is 0.316 e. The van der Waals surface area contributed by atoms with E-state index < -0.39 is 9.84 Å². The molecule has 0 amide bonds. The monoisotopic (exact) mass is 274 g/mol. The predicted octanol–water partition coefficient (Wildman–Crippen LogP) is 0.885. The molecular formula is C13H26N2O2S. The first kappa shape index (κ1) is 14.3. The van der Waals surface area contributed by atoms with Gasteiger partial charge in [-0.25, -0.2) is 8.42 Å². The van der Waals surface area contributed by atoms with Crippen molar-refractivity contribution in [3.8, 4) is 0 Å². The number of nitrogens with zero attached hydrogens (tertiary/aromatic N) is 1. The quantitative estimate of drug-likeness (QED) is 0.827. The van der Waals surface area contributed by atoms with Crippen LogP contribution < -0.4 is 5.32 Å². The van der Waals surface area contributed by atoms with Crippen LogP contribution in [0.5, 0.6) is 0 Å².